The van der Waals surface area contributed by atoms with Gasteiger partial charge in [0.1, 0.15) is 5.75 Å². The smallest absolute Gasteiger partial charge is 0.322 e. The molecule has 1 aromatic carbocycles. The van der Waals surface area contributed by atoms with Gasteiger partial charge in [0.25, 0.3) is 0 Å². The molecule has 0 unspecified atom stereocenters. The molecule has 4 bridgehead atoms. The molecular formula is C22H23N3O5S. The number of benzene rings is 1. The Labute approximate surface area is 180 Å². The molecule has 1 aliphatic rings. The molecule has 0 aliphatic carbocycles. The van der Waals surface area contributed by atoms with E-state index in [1.54, 1.807) is 31.4 Å². The van der Waals surface area contributed by atoms with E-state index in [2.05, 4.69) is 9.97 Å². The van der Waals surface area contributed by atoms with Crippen LogP contribution < -0.4 is 10.3 Å². The highest BCUT2D eigenvalue weighted by molar-refractivity contribution is 7.90. The minimum absolute atomic E-state index is 0.0458. The van der Waals surface area contributed by atoms with Gasteiger partial charge < -0.3 is 14.0 Å². The molecule has 31 heavy (non-hydrogen) atoms. The summed E-state index contributed by atoms with van der Waals surface area (Å²) in [5, 5.41) is 0. The molecule has 0 saturated heterocycles. The molecule has 8 nitrogen and oxygen atoms in total. The largest absolute Gasteiger partial charge is 0.424 e. The number of sulfone groups is 1. The lowest BCUT2D eigenvalue weighted by molar-refractivity contribution is 0.118. The number of ether oxygens (including phenoxy) is 2. The van der Waals surface area contributed by atoms with E-state index in [0.717, 1.165) is 5.56 Å². The summed E-state index contributed by atoms with van der Waals surface area (Å²) in [5.41, 5.74) is 2.27. The van der Waals surface area contributed by atoms with Crippen molar-refractivity contribution in [2.45, 2.75) is 25.2 Å². The minimum Gasteiger partial charge on any atom is -0.424 e. The van der Waals surface area contributed by atoms with Gasteiger partial charge in [-0.15, -0.1) is 0 Å². The van der Waals surface area contributed by atoms with Crippen molar-refractivity contribution in [3.05, 3.63) is 70.3 Å². The molecule has 1 aliphatic heterocycles. The summed E-state index contributed by atoms with van der Waals surface area (Å²) in [4.78, 5) is 20.6. The predicted octanol–water partition coefficient (Wildman–Crippen LogP) is 2.86. The van der Waals surface area contributed by atoms with Gasteiger partial charge in [-0.25, -0.2) is 8.42 Å². The van der Waals surface area contributed by atoms with Crippen LogP contribution in [0.4, 0.5) is 0 Å². The first-order chi connectivity index (χ1) is 14.9. The summed E-state index contributed by atoms with van der Waals surface area (Å²) in [5.74, 6) is 0.368. The molecule has 3 aromatic rings. The van der Waals surface area contributed by atoms with Crippen molar-refractivity contribution in [1.29, 1.82) is 0 Å². The van der Waals surface area contributed by atoms with Crippen molar-refractivity contribution >= 4 is 9.84 Å². The van der Waals surface area contributed by atoms with Crippen molar-refractivity contribution in [2.75, 3.05) is 12.4 Å². The van der Waals surface area contributed by atoms with Crippen LogP contribution in [0.3, 0.4) is 0 Å². The minimum atomic E-state index is -3.37. The fraction of sp³-hybridized carbons (Fsp3) is 0.318. The van der Waals surface area contributed by atoms with E-state index in [9.17, 15) is 13.2 Å². The molecule has 0 spiro atoms. The normalized spacial score (nSPS) is 16.5. The Morgan fingerprint density at radius 3 is 2.77 bits per heavy atom. The Morgan fingerprint density at radius 1 is 1.06 bits per heavy atom. The van der Waals surface area contributed by atoms with Gasteiger partial charge in [0.2, 0.25) is 5.56 Å². The molecule has 4 rings (SSSR count). The maximum Gasteiger partial charge on any atom is 0.322 e. The second kappa shape index (κ2) is 8.99. The van der Waals surface area contributed by atoms with E-state index in [1.807, 2.05) is 18.2 Å². The quantitative estimate of drug-likeness (QED) is 0.572. The molecule has 0 amide bonds. The molecule has 9 heteroatoms. The number of hydrogen-bond donors (Lipinski definition) is 0. The van der Waals surface area contributed by atoms with E-state index in [0.29, 0.717) is 48.8 Å². The summed E-state index contributed by atoms with van der Waals surface area (Å²) in [6.45, 7) is 0.902. The molecule has 0 atom stereocenters. The fourth-order valence-electron chi connectivity index (χ4n) is 3.30. The highest BCUT2D eigenvalue weighted by Crippen LogP contribution is 2.25. The Hall–Kier alpha value is -3.04. The van der Waals surface area contributed by atoms with E-state index in [-0.39, 0.29) is 23.1 Å². The highest BCUT2D eigenvalue weighted by Gasteiger charge is 2.17. The van der Waals surface area contributed by atoms with Crippen LogP contribution in [0.5, 0.6) is 11.8 Å². The number of aryl methyl sites for hydroxylation is 1. The van der Waals surface area contributed by atoms with Crippen molar-refractivity contribution in [1.82, 2.24) is 14.5 Å². The molecule has 0 radical (unpaired) electrons. The lowest BCUT2D eigenvalue weighted by atomic mass is 10.2. The van der Waals surface area contributed by atoms with E-state index in [4.69, 9.17) is 9.47 Å². The summed E-state index contributed by atoms with van der Waals surface area (Å²) in [6.07, 6.45) is 2.82. The first kappa shape index (κ1) is 21.2. The Kier molecular flexibility index (Phi) is 6.15. The number of aromatic nitrogens is 3. The molecule has 0 fully saturated rings. The van der Waals surface area contributed by atoms with Crippen LogP contribution in [0.1, 0.15) is 24.1 Å². The van der Waals surface area contributed by atoms with Crippen LogP contribution >= 0.6 is 0 Å². The number of pyridine rings is 1. The van der Waals surface area contributed by atoms with Crippen LogP contribution in [-0.2, 0) is 34.0 Å². The number of hydrogen-bond acceptors (Lipinski definition) is 7. The third-order valence-corrected chi connectivity index (χ3v) is 6.52. The van der Waals surface area contributed by atoms with Gasteiger partial charge in [-0.05, 0) is 42.7 Å². The monoisotopic (exact) mass is 441 g/mol. The van der Waals surface area contributed by atoms with E-state index >= 15 is 0 Å². The lowest BCUT2D eigenvalue weighted by Gasteiger charge is -2.11. The Balaban J connectivity index is 1.78. The molecule has 162 valence electrons. The van der Waals surface area contributed by atoms with Crippen LogP contribution in [0.2, 0.25) is 0 Å². The summed E-state index contributed by atoms with van der Waals surface area (Å²) < 4.78 is 38.2. The third kappa shape index (κ3) is 5.56. The number of fused-ring (bicyclic) bond motifs is 4. The lowest BCUT2D eigenvalue weighted by Crippen LogP contribution is -2.14. The second-order valence-corrected chi connectivity index (χ2v) is 9.68. The average Bonchev–Trinajstić information content (AvgIpc) is 2.72. The predicted molar refractivity (Wildman–Crippen MR) is 116 cm³/mol. The topological polar surface area (TPSA) is 100 Å². The van der Waals surface area contributed by atoms with Gasteiger partial charge in [0, 0.05) is 31.5 Å². The summed E-state index contributed by atoms with van der Waals surface area (Å²) >= 11 is 0. The van der Waals surface area contributed by atoms with Gasteiger partial charge >= 0.3 is 6.01 Å². The highest BCUT2D eigenvalue weighted by atomic mass is 32.2. The van der Waals surface area contributed by atoms with Gasteiger partial charge in [-0.3, -0.25) is 4.79 Å². The molecule has 0 N–H and O–H groups in total. The maximum absolute atomic E-state index is 12.6. The van der Waals surface area contributed by atoms with Gasteiger partial charge in [0.15, 0.2) is 9.84 Å². The number of rotatable bonds is 1. The zero-order valence-corrected chi connectivity index (χ0v) is 18.0. The molecule has 0 saturated carbocycles. The third-order valence-electron chi connectivity index (χ3n) is 4.88. The van der Waals surface area contributed by atoms with Crippen molar-refractivity contribution in [3.63, 3.8) is 0 Å². The van der Waals surface area contributed by atoms with Gasteiger partial charge in [-0.2, -0.15) is 9.97 Å². The average molecular weight is 442 g/mol. The summed E-state index contributed by atoms with van der Waals surface area (Å²) in [7, 11) is -1.72. The molecular weight excluding hydrogens is 418 g/mol. The number of nitrogens with zero attached hydrogens (tertiary/aromatic N) is 3. The van der Waals surface area contributed by atoms with Gasteiger partial charge in [0.05, 0.1) is 29.5 Å². The van der Waals surface area contributed by atoms with Crippen LogP contribution in [0.15, 0.2) is 53.5 Å². The van der Waals surface area contributed by atoms with Crippen LogP contribution in [0.25, 0.3) is 11.3 Å². The Morgan fingerprint density at radius 2 is 1.94 bits per heavy atom. The van der Waals surface area contributed by atoms with Crippen LogP contribution in [-0.4, -0.2) is 35.3 Å². The molecule has 2 aromatic heterocycles. The van der Waals surface area contributed by atoms with Crippen LogP contribution in [0, 0.1) is 0 Å². The van der Waals surface area contributed by atoms with Gasteiger partial charge in [-0.1, -0.05) is 12.1 Å². The van der Waals surface area contributed by atoms with Crippen molar-refractivity contribution in [3.8, 4) is 23.0 Å². The van der Waals surface area contributed by atoms with Crippen molar-refractivity contribution < 1.29 is 17.9 Å². The van der Waals surface area contributed by atoms with E-state index < -0.39 is 9.84 Å². The zero-order chi connectivity index (χ0) is 21.8. The fourth-order valence-corrected chi connectivity index (χ4v) is 4.69. The first-order valence-corrected chi connectivity index (χ1v) is 11.8. The maximum atomic E-state index is 12.6. The standard InChI is InChI=1S/C22H23N3O5S/c1-25-13-17(7-8-21(25)26)20-12-18-15-31(27,28)10-3-2-9-29-14-16-5-4-6-19(11-16)30-22(23-18)24-20/h4-8,11-13H,2-3,9-10,14-15H2,1H3. The summed E-state index contributed by atoms with van der Waals surface area (Å²) in [6, 6.07) is 12.2. The Bertz CT molecular complexity index is 1250. The SMILES string of the molecule is Cn1cc(-c2cc3nc(n2)Oc2cccc(c2)COCCCCS(=O)(=O)C3)ccc1=O. The second-order valence-electron chi connectivity index (χ2n) is 7.50. The zero-order valence-electron chi connectivity index (χ0n) is 17.2. The van der Waals surface area contributed by atoms with E-state index in [1.165, 1.54) is 10.6 Å². The van der Waals surface area contributed by atoms with Crippen molar-refractivity contribution in [2.24, 2.45) is 7.05 Å². The first-order valence-electron chi connectivity index (χ1n) is 9.98. The molecule has 3 heterocycles.